The van der Waals surface area contributed by atoms with Crippen molar-refractivity contribution >= 4 is 30.0 Å². The van der Waals surface area contributed by atoms with Gasteiger partial charge in [-0.2, -0.15) is 0 Å². The molecule has 1 aromatic rings. The van der Waals surface area contributed by atoms with E-state index in [2.05, 4.69) is 15.9 Å². The summed E-state index contributed by atoms with van der Waals surface area (Å²) in [6.45, 7) is 2.51. The molecule has 0 aliphatic heterocycles. The zero-order valence-electron chi connectivity index (χ0n) is 6.60. The standard InChI is InChI=1S/C8H9BrFOP/c1-2-11-12-8-4-3-6(9)5-7(8)10/h3-5,12H,2H2,1H3. The van der Waals surface area contributed by atoms with Gasteiger partial charge in [-0.1, -0.05) is 15.9 Å². The quantitative estimate of drug-likeness (QED) is 0.750. The number of hydrogen-bond donors (Lipinski definition) is 0. The van der Waals surface area contributed by atoms with Crippen LogP contribution in [-0.4, -0.2) is 6.61 Å². The van der Waals surface area contributed by atoms with Crippen molar-refractivity contribution in [3.8, 4) is 0 Å². The van der Waals surface area contributed by atoms with E-state index in [-0.39, 0.29) is 14.6 Å². The van der Waals surface area contributed by atoms with Crippen LogP contribution in [0, 0.1) is 5.82 Å². The maximum Gasteiger partial charge on any atom is 0.134 e. The van der Waals surface area contributed by atoms with Gasteiger partial charge in [0.2, 0.25) is 0 Å². The molecule has 1 atom stereocenters. The van der Waals surface area contributed by atoms with Gasteiger partial charge in [-0.25, -0.2) is 4.39 Å². The van der Waals surface area contributed by atoms with Gasteiger partial charge in [-0.05, 0) is 25.1 Å². The van der Waals surface area contributed by atoms with Gasteiger partial charge in [-0.3, -0.25) is 0 Å². The molecular formula is C8H9BrFOP. The average Bonchev–Trinajstić information content (AvgIpc) is 2.03. The monoisotopic (exact) mass is 250 g/mol. The summed E-state index contributed by atoms with van der Waals surface area (Å²) in [7, 11) is 0.104. The zero-order chi connectivity index (χ0) is 8.97. The van der Waals surface area contributed by atoms with Gasteiger partial charge in [0.1, 0.15) is 5.82 Å². The SMILES string of the molecule is CCOPc1ccc(Br)cc1F. The highest BCUT2D eigenvalue weighted by atomic mass is 79.9. The zero-order valence-corrected chi connectivity index (χ0v) is 9.19. The van der Waals surface area contributed by atoms with Crippen molar-refractivity contribution in [1.82, 2.24) is 0 Å². The van der Waals surface area contributed by atoms with Crippen molar-refractivity contribution in [3.05, 3.63) is 28.5 Å². The highest BCUT2D eigenvalue weighted by molar-refractivity contribution is 9.10. The van der Waals surface area contributed by atoms with Crippen molar-refractivity contribution < 1.29 is 8.91 Å². The topological polar surface area (TPSA) is 9.23 Å². The summed E-state index contributed by atoms with van der Waals surface area (Å²) in [4.78, 5) is 0. The number of hydrogen-bond acceptors (Lipinski definition) is 1. The molecule has 0 N–H and O–H groups in total. The van der Waals surface area contributed by atoms with Gasteiger partial charge >= 0.3 is 0 Å². The summed E-state index contributed by atoms with van der Waals surface area (Å²) in [5.74, 6) is -0.212. The molecule has 1 aromatic carbocycles. The Kier molecular flexibility index (Phi) is 4.13. The van der Waals surface area contributed by atoms with Crippen LogP contribution >= 0.6 is 24.7 Å². The number of halogens is 2. The molecule has 0 bridgehead atoms. The van der Waals surface area contributed by atoms with Crippen LogP contribution in [0.4, 0.5) is 4.39 Å². The van der Waals surface area contributed by atoms with E-state index in [4.69, 9.17) is 4.52 Å². The van der Waals surface area contributed by atoms with E-state index in [1.165, 1.54) is 6.07 Å². The molecule has 0 heterocycles. The molecule has 0 aliphatic carbocycles. The Hall–Kier alpha value is 0.0200. The second-order valence-corrected chi connectivity index (χ2v) is 4.11. The summed E-state index contributed by atoms with van der Waals surface area (Å²) < 4.78 is 18.9. The van der Waals surface area contributed by atoms with E-state index in [1.807, 2.05) is 13.0 Å². The molecule has 0 fully saturated rings. The van der Waals surface area contributed by atoms with Crippen LogP contribution in [0.2, 0.25) is 0 Å². The van der Waals surface area contributed by atoms with Gasteiger partial charge in [0, 0.05) is 25.2 Å². The largest absolute Gasteiger partial charge is 0.358 e. The molecule has 0 radical (unpaired) electrons. The van der Waals surface area contributed by atoms with Crippen molar-refractivity contribution in [1.29, 1.82) is 0 Å². The fourth-order valence-corrected chi connectivity index (χ4v) is 1.68. The maximum absolute atomic E-state index is 13.1. The Bertz CT molecular complexity index is 267. The summed E-state index contributed by atoms with van der Waals surface area (Å²) in [6, 6.07) is 4.99. The average molecular weight is 251 g/mol. The molecule has 0 saturated heterocycles. The lowest BCUT2D eigenvalue weighted by molar-refractivity contribution is 0.393. The highest BCUT2D eigenvalue weighted by Crippen LogP contribution is 2.17. The van der Waals surface area contributed by atoms with Crippen LogP contribution in [-0.2, 0) is 4.52 Å². The van der Waals surface area contributed by atoms with E-state index >= 15 is 0 Å². The van der Waals surface area contributed by atoms with Crippen LogP contribution in [0.25, 0.3) is 0 Å². The second kappa shape index (κ2) is 4.90. The summed E-state index contributed by atoms with van der Waals surface area (Å²) in [6.07, 6.45) is 0. The Morgan fingerprint density at radius 3 is 2.92 bits per heavy atom. The van der Waals surface area contributed by atoms with E-state index in [0.717, 1.165) is 4.47 Å². The molecule has 1 rings (SSSR count). The molecule has 4 heteroatoms. The van der Waals surface area contributed by atoms with Gasteiger partial charge < -0.3 is 4.52 Å². The molecule has 1 nitrogen and oxygen atoms in total. The van der Waals surface area contributed by atoms with Crippen molar-refractivity contribution in [2.45, 2.75) is 6.92 Å². The Morgan fingerprint density at radius 1 is 1.58 bits per heavy atom. The molecule has 0 spiro atoms. The predicted octanol–water partition coefficient (Wildman–Crippen LogP) is 2.84. The molecule has 0 amide bonds. The Morgan fingerprint density at radius 2 is 2.33 bits per heavy atom. The lowest BCUT2D eigenvalue weighted by Crippen LogP contribution is -2.01. The second-order valence-electron chi connectivity index (χ2n) is 2.16. The molecule has 0 aromatic heterocycles. The summed E-state index contributed by atoms with van der Waals surface area (Å²) in [5, 5.41) is 0.625. The summed E-state index contributed by atoms with van der Waals surface area (Å²) in [5.41, 5.74) is 0. The molecule has 66 valence electrons. The molecule has 1 unspecified atom stereocenters. The first kappa shape index (κ1) is 10.1. The third-order valence-corrected chi connectivity index (χ3v) is 2.81. The van der Waals surface area contributed by atoms with Crippen LogP contribution < -0.4 is 5.30 Å². The van der Waals surface area contributed by atoms with Crippen molar-refractivity contribution in [3.63, 3.8) is 0 Å². The van der Waals surface area contributed by atoms with E-state index in [1.54, 1.807) is 6.07 Å². The lowest BCUT2D eigenvalue weighted by atomic mass is 10.3. The Labute approximate surface area is 81.3 Å². The minimum atomic E-state index is -0.212. The normalized spacial score (nSPS) is 11.2. The first-order valence-electron chi connectivity index (χ1n) is 3.57. The van der Waals surface area contributed by atoms with Crippen LogP contribution in [0.5, 0.6) is 0 Å². The predicted molar refractivity (Wildman–Crippen MR) is 53.7 cm³/mol. The minimum absolute atomic E-state index is 0.104. The van der Waals surface area contributed by atoms with E-state index in [0.29, 0.717) is 11.9 Å². The third-order valence-electron chi connectivity index (χ3n) is 1.26. The van der Waals surface area contributed by atoms with Crippen LogP contribution in [0.15, 0.2) is 22.7 Å². The molecule has 0 aliphatic rings. The van der Waals surface area contributed by atoms with E-state index in [9.17, 15) is 4.39 Å². The first-order valence-corrected chi connectivity index (χ1v) is 5.27. The first-order chi connectivity index (χ1) is 5.74. The van der Waals surface area contributed by atoms with Gasteiger partial charge in [0.05, 0.1) is 0 Å². The highest BCUT2D eigenvalue weighted by Gasteiger charge is 2.01. The van der Waals surface area contributed by atoms with Crippen LogP contribution in [0.3, 0.4) is 0 Å². The third kappa shape index (κ3) is 2.81. The summed E-state index contributed by atoms with van der Waals surface area (Å²) >= 11 is 3.19. The number of benzene rings is 1. The van der Waals surface area contributed by atoms with Gasteiger partial charge in [0.25, 0.3) is 0 Å². The smallest absolute Gasteiger partial charge is 0.134 e. The van der Waals surface area contributed by atoms with Gasteiger partial charge in [-0.15, -0.1) is 0 Å². The van der Waals surface area contributed by atoms with E-state index < -0.39 is 0 Å². The minimum Gasteiger partial charge on any atom is -0.358 e. The molecule has 0 saturated carbocycles. The molecular weight excluding hydrogens is 242 g/mol. The lowest BCUT2D eigenvalue weighted by Gasteiger charge is -2.02. The fraction of sp³-hybridized carbons (Fsp3) is 0.250. The van der Waals surface area contributed by atoms with Gasteiger partial charge in [0.15, 0.2) is 0 Å². The number of rotatable bonds is 3. The molecule has 12 heavy (non-hydrogen) atoms. The maximum atomic E-state index is 13.1. The van der Waals surface area contributed by atoms with Crippen molar-refractivity contribution in [2.24, 2.45) is 0 Å². The fourth-order valence-electron chi connectivity index (χ4n) is 0.722. The van der Waals surface area contributed by atoms with Crippen LogP contribution in [0.1, 0.15) is 6.92 Å². The van der Waals surface area contributed by atoms with Crippen molar-refractivity contribution in [2.75, 3.05) is 6.61 Å². The Balaban J connectivity index is 2.72.